The number of nitrogens with two attached hydrogens (primary N) is 1. The van der Waals surface area contributed by atoms with Crippen LogP contribution >= 0.6 is 0 Å². The molecule has 0 amide bonds. The fourth-order valence-corrected chi connectivity index (χ4v) is 5.91. The molecule has 4 atom stereocenters. The van der Waals surface area contributed by atoms with E-state index in [1.165, 1.54) is 6.33 Å². The lowest BCUT2D eigenvalue weighted by Crippen LogP contribution is -2.46. The molecule has 3 fully saturated rings. The number of hydrogen-bond acceptors (Lipinski definition) is 7. The van der Waals surface area contributed by atoms with E-state index in [0.717, 1.165) is 43.3 Å². The molecular formula is C23H33N5O4. The van der Waals surface area contributed by atoms with Crippen molar-refractivity contribution in [1.82, 2.24) is 19.4 Å². The van der Waals surface area contributed by atoms with E-state index in [-0.39, 0.29) is 24.7 Å². The summed E-state index contributed by atoms with van der Waals surface area (Å²) in [6.45, 7) is 4.90. The van der Waals surface area contributed by atoms with Gasteiger partial charge in [0, 0.05) is 31.1 Å². The number of carboxylic acid groups (broad SMARTS) is 1. The normalized spacial score (nSPS) is 33.5. The molecule has 0 aromatic carbocycles. The topological polar surface area (TPSA) is 116 Å². The number of hydrogen-bond donors (Lipinski definition) is 2. The Kier molecular flexibility index (Phi) is 5.38. The maximum Gasteiger partial charge on any atom is 0.303 e. The van der Waals surface area contributed by atoms with Crippen LogP contribution in [0.1, 0.15) is 52.0 Å². The summed E-state index contributed by atoms with van der Waals surface area (Å²) in [4.78, 5) is 21.9. The average Bonchev–Trinajstić information content (AvgIpc) is 3.33. The van der Waals surface area contributed by atoms with Gasteiger partial charge in [0.15, 0.2) is 5.79 Å². The smallest absolute Gasteiger partial charge is 0.303 e. The van der Waals surface area contributed by atoms with Crippen molar-refractivity contribution in [3.8, 4) is 0 Å². The van der Waals surface area contributed by atoms with Gasteiger partial charge in [-0.05, 0) is 58.6 Å². The third-order valence-corrected chi connectivity index (χ3v) is 7.57. The van der Waals surface area contributed by atoms with Gasteiger partial charge < -0.3 is 29.8 Å². The number of rotatable bonds is 7. The quantitative estimate of drug-likeness (QED) is 0.671. The van der Waals surface area contributed by atoms with Crippen LogP contribution in [0.2, 0.25) is 0 Å². The summed E-state index contributed by atoms with van der Waals surface area (Å²) in [5.41, 5.74) is 6.89. The second-order valence-electron chi connectivity index (χ2n) is 10.2. The molecule has 32 heavy (non-hydrogen) atoms. The number of ether oxygens (including phenoxy) is 2. The van der Waals surface area contributed by atoms with E-state index in [9.17, 15) is 4.79 Å². The summed E-state index contributed by atoms with van der Waals surface area (Å²) in [6.07, 6.45) is 7.69. The molecule has 3 aliphatic rings. The van der Waals surface area contributed by atoms with Gasteiger partial charge in [-0.25, -0.2) is 9.97 Å². The van der Waals surface area contributed by atoms with Gasteiger partial charge in [0.05, 0.1) is 17.5 Å². The first-order valence-electron chi connectivity index (χ1n) is 11.6. The van der Waals surface area contributed by atoms with Crippen LogP contribution in [0.5, 0.6) is 0 Å². The molecule has 1 saturated heterocycles. The lowest BCUT2D eigenvalue weighted by molar-refractivity contribution is -0.161. The lowest BCUT2D eigenvalue weighted by Gasteiger charge is -2.42. The monoisotopic (exact) mass is 443 g/mol. The summed E-state index contributed by atoms with van der Waals surface area (Å²) in [5, 5.41) is 9.77. The predicted octanol–water partition coefficient (Wildman–Crippen LogP) is 2.67. The first-order valence-corrected chi connectivity index (χ1v) is 11.6. The van der Waals surface area contributed by atoms with Crippen LogP contribution in [0.25, 0.3) is 11.0 Å². The number of anilines is 1. The van der Waals surface area contributed by atoms with Crippen LogP contribution in [-0.2, 0) is 14.3 Å². The summed E-state index contributed by atoms with van der Waals surface area (Å²) in [5.74, 6) is 0.0528. The molecule has 3 N–H and O–H groups in total. The zero-order chi connectivity index (χ0) is 22.6. The molecule has 4 unspecified atom stereocenters. The van der Waals surface area contributed by atoms with Gasteiger partial charge >= 0.3 is 5.97 Å². The van der Waals surface area contributed by atoms with E-state index in [1.54, 1.807) is 0 Å². The van der Waals surface area contributed by atoms with Crippen molar-refractivity contribution in [2.24, 2.45) is 11.8 Å². The van der Waals surface area contributed by atoms with Gasteiger partial charge in [-0.3, -0.25) is 4.79 Å². The Morgan fingerprint density at radius 1 is 1.28 bits per heavy atom. The Balaban J connectivity index is 1.30. The molecule has 2 saturated carbocycles. The Morgan fingerprint density at radius 2 is 2.03 bits per heavy atom. The number of nitrogen functional groups attached to an aromatic ring is 1. The standard InChI is InChI=1S/C23H33N5O4/c1-23(2)31-19-14(11-27(3)15-8-13(9-15)4-5-18(29)30)10-17(20(19)32-23)28-7-6-16-21(24)25-12-26-22(16)28/h6-7,12-15,17,19-20H,4-5,8-11H2,1-3H3,(H,29,30)(H2,24,25,26). The maximum atomic E-state index is 10.8. The minimum atomic E-state index is -0.699. The third-order valence-electron chi connectivity index (χ3n) is 7.57. The van der Waals surface area contributed by atoms with Crippen LogP contribution in [0.15, 0.2) is 18.6 Å². The van der Waals surface area contributed by atoms with E-state index in [1.807, 2.05) is 26.1 Å². The van der Waals surface area contributed by atoms with E-state index >= 15 is 0 Å². The molecule has 2 aromatic rings. The van der Waals surface area contributed by atoms with Crippen molar-refractivity contribution >= 4 is 22.8 Å². The van der Waals surface area contributed by atoms with Crippen LogP contribution in [-0.4, -0.2) is 68.1 Å². The van der Waals surface area contributed by atoms with Gasteiger partial charge in [0.2, 0.25) is 0 Å². The van der Waals surface area contributed by atoms with Crippen molar-refractivity contribution in [1.29, 1.82) is 0 Å². The molecular weight excluding hydrogens is 410 g/mol. The Hall–Kier alpha value is -2.23. The summed E-state index contributed by atoms with van der Waals surface area (Å²) in [7, 11) is 2.18. The number of carboxylic acids is 1. The lowest BCUT2D eigenvalue weighted by atomic mass is 9.76. The number of aromatic nitrogens is 3. The third kappa shape index (κ3) is 3.86. The fraction of sp³-hybridized carbons (Fsp3) is 0.696. The molecule has 0 bridgehead atoms. The van der Waals surface area contributed by atoms with Crippen LogP contribution in [0.4, 0.5) is 5.82 Å². The fourth-order valence-electron chi connectivity index (χ4n) is 5.91. The second kappa shape index (κ2) is 7.97. The van der Waals surface area contributed by atoms with Gasteiger partial charge in [-0.1, -0.05) is 0 Å². The minimum Gasteiger partial charge on any atom is -0.481 e. The van der Waals surface area contributed by atoms with Crippen LogP contribution in [0.3, 0.4) is 0 Å². The number of fused-ring (bicyclic) bond motifs is 2. The SMILES string of the molecule is CN(CC1CC(n2ccc3c(N)ncnc32)C2OC(C)(C)OC12)C1CC(CCC(=O)O)C1. The second-order valence-corrected chi connectivity index (χ2v) is 10.2. The van der Waals surface area contributed by atoms with Gasteiger partial charge in [0.1, 0.15) is 23.9 Å². The summed E-state index contributed by atoms with van der Waals surface area (Å²) in [6, 6.07) is 2.62. The van der Waals surface area contributed by atoms with Gasteiger partial charge in [-0.15, -0.1) is 0 Å². The van der Waals surface area contributed by atoms with E-state index in [0.29, 0.717) is 23.7 Å². The van der Waals surface area contributed by atoms with Crippen molar-refractivity contribution in [2.45, 2.75) is 76.0 Å². The molecule has 0 radical (unpaired) electrons. The summed E-state index contributed by atoms with van der Waals surface area (Å²) >= 11 is 0. The zero-order valence-corrected chi connectivity index (χ0v) is 19.0. The van der Waals surface area contributed by atoms with E-state index in [4.69, 9.17) is 20.3 Å². The zero-order valence-electron chi connectivity index (χ0n) is 19.0. The molecule has 1 aliphatic heterocycles. The highest BCUT2D eigenvalue weighted by molar-refractivity contribution is 5.86. The van der Waals surface area contributed by atoms with Gasteiger partial charge in [-0.2, -0.15) is 0 Å². The van der Waals surface area contributed by atoms with E-state index < -0.39 is 11.8 Å². The number of nitrogens with zero attached hydrogens (tertiary/aromatic N) is 4. The maximum absolute atomic E-state index is 10.8. The molecule has 3 heterocycles. The molecule has 0 spiro atoms. The van der Waals surface area contributed by atoms with Crippen LogP contribution < -0.4 is 5.73 Å². The molecule has 5 rings (SSSR count). The summed E-state index contributed by atoms with van der Waals surface area (Å²) < 4.78 is 14.9. The Morgan fingerprint density at radius 3 is 2.78 bits per heavy atom. The van der Waals surface area contributed by atoms with E-state index in [2.05, 4.69) is 26.5 Å². The minimum absolute atomic E-state index is 0.0250. The van der Waals surface area contributed by atoms with Gasteiger partial charge in [0.25, 0.3) is 0 Å². The van der Waals surface area contributed by atoms with Crippen LogP contribution in [0, 0.1) is 11.8 Å². The molecule has 174 valence electrons. The number of aliphatic carboxylic acids is 1. The van der Waals surface area contributed by atoms with Crippen molar-refractivity contribution in [2.75, 3.05) is 19.3 Å². The van der Waals surface area contributed by atoms with Crippen molar-refractivity contribution in [3.05, 3.63) is 18.6 Å². The van der Waals surface area contributed by atoms with Crippen molar-refractivity contribution in [3.63, 3.8) is 0 Å². The average molecular weight is 444 g/mol. The van der Waals surface area contributed by atoms with Crippen molar-refractivity contribution < 1.29 is 19.4 Å². The molecule has 2 aliphatic carbocycles. The number of carbonyl (C=O) groups is 1. The largest absolute Gasteiger partial charge is 0.481 e. The first-order chi connectivity index (χ1) is 15.2. The molecule has 9 nitrogen and oxygen atoms in total. The Bertz CT molecular complexity index is 1000. The highest BCUT2D eigenvalue weighted by Crippen LogP contribution is 2.48. The Labute approximate surface area is 187 Å². The highest BCUT2D eigenvalue weighted by atomic mass is 16.8. The predicted molar refractivity (Wildman–Crippen MR) is 119 cm³/mol. The molecule has 9 heteroatoms. The first kappa shape index (κ1) is 21.6. The highest BCUT2D eigenvalue weighted by Gasteiger charge is 2.55. The molecule has 2 aromatic heterocycles.